The van der Waals surface area contributed by atoms with Crippen LogP contribution in [0.3, 0.4) is 0 Å². The molecule has 3 heterocycles. The van der Waals surface area contributed by atoms with Gasteiger partial charge in [-0.25, -0.2) is 9.59 Å². The molecule has 5 aliphatic carbocycles. The number of rotatable bonds is 13. The zero-order valence-corrected chi connectivity index (χ0v) is 46.1. The van der Waals surface area contributed by atoms with Gasteiger partial charge in [-0.15, -0.1) is 0 Å². The van der Waals surface area contributed by atoms with Gasteiger partial charge in [-0.2, -0.15) is 0 Å². The van der Waals surface area contributed by atoms with Gasteiger partial charge in [-0.1, -0.05) is 73.1 Å². The smallest absolute Gasteiger partial charge is 0.338 e. The summed E-state index contributed by atoms with van der Waals surface area (Å²) in [4.78, 5) is 26.7. The molecule has 4 saturated carbocycles. The van der Waals surface area contributed by atoms with E-state index in [2.05, 4.69) is 33.8 Å². The molecule has 22 heteroatoms. The van der Waals surface area contributed by atoms with Gasteiger partial charge in [-0.3, -0.25) is 0 Å². The van der Waals surface area contributed by atoms with Crippen molar-refractivity contribution in [2.45, 2.75) is 231 Å². The number of allylic oxidation sites excluding steroid dienone is 2. The third kappa shape index (κ3) is 9.60. The van der Waals surface area contributed by atoms with Crippen molar-refractivity contribution in [3.63, 3.8) is 0 Å². The predicted octanol–water partition coefficient (Wildman–Crippen LogP) is -0.386. The van der Waals surface area contributed by atoms with Crippen LogP contribution < -0.4 is 0 Å². The molecule has 7 fully saturated rings. The fourth-order valence-corrected chi connectivity index (χ4v) is 16.0. The fourth-order valence-electron chi connectivity index (χ4n) is 16.0. The maximum atomic E-state index is 13.6. The lowest BCUT2D eigenvalue weighted by Gasteiger charge is -2.73. The number of aliphatic hydroxyl groups excluding tert-OH is 12. The zero-order chi connectivity index (χ0) is 56.9. The quantitative estimate of drug-likeness (QED) is 0.0484. The van der Waals surface area contributed by atoms with Crippen molar-refractivity contribution in [1.82, 2.24) is 0 Å². The highest BCUT2D eigenvalue weighted by Crippen LogP contribution is 2.76. The summed E-state index contributed by atoms with van der Waals surface area (Å²) in [6.07, 6.45) is -23.3. The topological polar surface area (TPSA) is 351 Å². The van der Waals surface area contributed by atoms with Crippen molar-refractivity contribution in [3.05, 3.63) is 23.3 Å². The van der Waals surface area contributed by atoms with Gasteiger partial charge in [0.15, 0.2) is 25.0 Å². The average Bonchev–Trinajstić information content (AvgIpc) is 3.38. The molecule has 3 saturated heterocycles. The van der Waals surface area contributed by atoms with Crippen LogP contribution in [0.25, 0.3) is 0 Å². The first-order valence-electron chi connectivity index (χ1n) is 27.6. The molecule has 0 bridgehead atoms. The van der Waals surface area contributed by atoms with Crippen molar-refractivity contribution in [3.8, 4) is 0 Å². The van der Waals surface area contributed by atoms with E-state index in [1.54, 1.807) is 26.8 Å². The normalized spacial score (nSPS) is 50.5. The molecule has 12 N–H and O–H groups in total. The van der Waals surface area contributed by atoms with E-state index in [1.165, 1.54) is 0 Å². The van der Waals surface area contributed by atoms with Crippen molar-refractivity contribution in [2.75, 3.05) is 26.4 Å². The Morgan fingerprint density at radius 2 is 1.39 bits per heavy atom. The Morgan fingerprint density at radius 3 is 2.03 bits per heavy atom. The number of ether oxygens (including phenoxy) is 8. The lowest BCUT2D eigenvalue weighted by Crippen LogP contribution is -2.76. The second-order valence-electron chi connectivity index (χ2n) is 25.5. The van der Waals surface area contributed by atoms with Crippen molar-refractivity contribution in [1.29, 1.82) is 0 Å². The first kappa shape index (κ1) is 60.8. The molecule has 8 rings (SSSR count). The van der Waals surface area contributed by atoms with Crippen LogP contribution in [0.15, 0.2) is 23.3 Å². The van der Waals surface area contributed by atoms with Crippen LogP contribution >= 0.6 is 0 Å². The van der Waals surface area contributed by atoms with E-state index in [9.17, 15) is 70.9 Å². The molecular weight excluding hydrogens is 1010 g/mol. The second kappa shape index (κ2) is 22.1. The first-order chi connectivity index (χ1) is 36.0. The molecule has 0 spiro atoms. The predicted molar refractivity (Wildman–Crippen MR) is 267 cm³/mol. The third-order valence-corrected chi connectivity index (χ3v) is 20.8. The van der Waals surface area contributed by atoms with E-state index in [1.807, 2.05) is 20.8 Å². The molecule has 0 amide bonds. The Balaban J connectivity index is 1.03. The number of carbonyl (C=O) groups excluding carboxylic acids is 2. The van der Waals surface area contributed by atoms with E-state index in [-0.39, 0.29) is 18.4 Å². The van der Waals surface area contributed by atoms with Crippen LogP contribution in [0.1, 0.15) is 114 Å². The monoisotopic (exact) mass is 1100 g/mol. The molecule has 0 unspecified atom stereocenters. The molecule has 440 valence electrons. The van der Waals surface area contributed by atoms with Crippen LogP contribution in [0.4, 0.5) is 0 Å². The van der Waals surface area contributed by atoms with Crippen molar-refractivity contribution < 1.29 is 109 Å². The van der Waals surface area contributed by atoms with Crippen molar-refractivity contribution in [2.24, 2.45) is 50.2 Å². The molecule has 26 atom stereocenters. The van der Waals surface area contributed by atoms with Gasteiger partial charge in [-0.05, 0) is 92.8 Å². The summed E-state index contributed by atoms with van der Waals surface area (Å²) in [6.45, 7) is 17.5. The molecule has 0 aromatic carbocycles. The highest BCUT2D eigenvalue weighted by molar-refractivity contribution is 5.87. The minimum atomic E-state index is -2.00. The summed E-state index contributed by atoms with van der Waals surface area (Å²) in [5.41, 5.74) is -3.96. The van der Waals surface area contributed by atoms with E-state index >= 15 is 0 Å². The van der Waals surface area contributed by atoms with E-state index in [4.69, 9.17) is 37.9 Å². The van der Waals surface area contributed by atoms with E-state index in [0.717, 1.165) is 5.57 Å². The molecule has 3 aliphatic heterocycles. The molecule has 0 radical (unpaired) electrons. The lowest BCUT2D eigenvalue weighted by atomic mass is 9.32. The Hall–Kier alpha value is -2.30. The lowest BCUT2D eigenvalue weighted by molar-refractivity contribution is -0.378. The highest BCUT2D eigenvalue weighted by atomic mass is 16.8. The maximum absolute atomic E-state index is 13.6. The molecule has 0 aromatic heterocycles. The standard InChI is InChI=1S/C55H88O22/c1-11-19-70-46(69)40-36(63)39(75-48-35(62)33(60)38(28(21-56)72-48)74-47-34(61)32(59)27(58)22-71-47)37(64)49(76-40)73-31-16-17-52(8)29(51(31,6)7)15-18-53(9)30(52)14-13-25-26-20-50(4,5)44(77-45(68)24(3)12-2)43(67)55(26,23-57)42(66)41(65)54(25,53)10/h12-13,26-44,47-49,56-67H,11,14-23H2,1-10H3/b24-12-/t26-,27+,28+,29-,30+,31-,32-,33+,34+,35+,36-,37+,38+,39-,40-,41-,42+,43-,44-,47-,48-,49+,52-,53+,54-,55-/m0/s1. The van der Waals surface area contributed by atoms with Gasteiger partial charge >= 0.3 is 11.9 Å². The largest absolute Gasteiger partial charge is 0.464 e. The minimum Gasteiger partial charge on any atom is -0.464 e. The zero-order valence-electron chi connectivity index (χ0n) is 46.1. The summed E-state index contributed by atoms with van der Waals surface area (Å²) in [5, 5.41) is 136. The Labute approximate surface area is 450 Å². The summed E-state index contributed by atoms with van der Waals surface area (Å²) >= 11 is 0. The Bertz CT molecular complexity index is 2190. The van der Waals surface area contributed by atoms with Crippen LogP contribution in [0.2, 0.25) is 0 Å². The van der Waals surface area contributed by atoms with Crippen LogP contribution in [-0.4, -0.2) is 216 Å². The second-order valence-corrected chi connectivity index (χ2v) is 25.5. The number of hydrogen-bond acceptors (Lipinski definition) is 22. The fraction of sp³-hybridized carbons (Fsp3) is 0.891. The summed E-state index contributed by atoms with van der Waals surface area (Å²) in [7, 11) is 0. The maximum Gasteiger partial charge on any atom is 0.338 e. The van der Waals surface area contributed by atoms with E-state index in [0.29, 0.717) is 50.5 Å². The summed E-state index contributed by atoms with van der Waals surface area (Å²) in [5.74, 6) is -2.29. The number of fused-ring (bicyclic) bond motifs is 7. The van der Waals surface area contributed by atoms with Crippen molar-refractivity contribution >= 4 is 11.9 Å². The highest BCUT2D eigenvalue weighted by Gasteiger charge is 2.75. The van der Waals surface area contributed by atoms with Crippen LogP contribution in [0, 0.1) is 50.2 Å². The number of aliphatic hydroxyl groups is 12. The Kier molecular flexibility index (Phi) is 17.5. The minimum absolute atomic E-state index is 0.0320. The van der Waals surface area contributed by atoms with Gasteiger partial charge in [0.25, 0.3) is 0 Å². The molecule has 22 nitrogen and oxygen atoms in total. The number of carbonyl (C=O) groups is 2. The molecule has 8 aliphatic rings. The van der Waals surface area contributed by atoms with Gasteiger partial charge in [0.1, 0.15) is 73.2 Å². The number of hydrogen-bond donors (Lipinski definition) is 12. The first-order valence-corrected chi connectivity index (χ1v) is 27.6. The average molecular weight is 1100 g/mol. The molecule has 77 heavy (non-hydrogen) atoms. The summed E-state index contributed by atoms with van der Waals surface area (Å²) < 4.78 is 47.0. The van der Waals surface area contributed by atoms with E-state index < -0.39 is 187 Å². The molecular formula is C55H88O22. The van der Waals surface area contributed by atoms with Crippen LogP contribution in [-0.2, 0) is 47.5 Å². The molecule has 0 aromatic rings. The Morgan fingerprint density at radius 1 is 0.740 bits per heavy atom. The summed E-state index contributed by atoms with van der Waals surface area (Å²) in [6, 6.07) is 0. The van der Waals surface area contributed by atoms with Gasteiger partial charge < -0.3 is 99.2 Å². The number of esters is 2. The third-order valence-electron chi connectivity index (χ3n) is 20.8. The van der Waals surface area contributed by atoms with Gasteiger partial charge in [0.2, 0.25) is 0 Å². The SMILES string of the molecule is C/C=C(/C)C(=O)O[C@H]1[C@H](O)[C@]2(CO)[C@H](O)[C@H](O)[C@]3(C)C(=CC[C@@H]4[C@@]5(C)CC[C@H](O[C@@H]6O[C@H](C(=O)OCCC)[C@@H](O)[C@H](O[C@@H]7O[C@H](CO)[C@@H](O[C@@H]8OC[C@@H](O)[C@H](O)[C@H]8O)[C@H](O)[C@H]7O)[C@H]6O)C(C)(C)[C@@H]5CC[C@]43C)[C@@H]2CC1(C)C. The van der Waals surface area contributed by atoms with Gasteiger partial charge in [0.05, 0.1) is 50.2 Å². The van der Waals surface area contributed by atoms with Crippen LogP contribution in [0.5, 0.6) is 0 Å². The van der Waals surface area contributed by atoms with Gasteiger partial charge in [0, 0.05) is 16.4 Å².